The summed E-state index contributed by atoms with van der Waals surface area (Å²) in [7, 11) is 5.82. The van der Waals surface area contributed by atoms with E-state index in [4.69, 9.17) is 37.9 Å². The zero-order chi connectivity index (χ0) is 27.9. The van der Waals surface area contributed by atoms with Crippen molar-refractivity contribution in [1.82, 2.24) is 0 Å². The third kappa shape index (κ3) is 4.20. The molecule has 4 rings (SSSR count). The van der Waals surface area contributed by atoms with Gasteiger partial charge >= 0.3 is 11.9 Å². The first kappa shape index (κ1) is 27.2. The molecule has 11 heteroatoms. The van der Waals surface area contributed by atoms with Crippen molar-refractivity contribution in [3.05, 3.63) is 23.3 Å². The topological polar surface area (TPSA) is 128 Å². The van der Waals surface area contributed by atoms with Crippen LogP contribution in [0.5, 0.6) is 34.5 Å². The van der Waals surface area contributed by atoms with Crippen molar-refractivity contribution in [3.63, 3.8) is 0 Å². The number of rotatable bonds is 6. The molecule has 11 nitrogen and oxygen atoms in total. The highest BCUT2D eigenvalue weighted by molar-refractivity contribution is 5.89. The van der Waals surface area contributed by atoms with Crippen LogP contribution in [-0.2, 0) is 19.1 Å². The molecule has 0 unspecified atom stereocenters. The van der Waals surface area contributed by atoms with E-state index < -0.39 is 35.7 Å². The van der Waals surface area contributed by atoms with E-state index in [9.17, 15) is 14.7 Å². The molecule has 0 amide bonds. The lowest BCUT2D eigenvalue weighted by Gasteiger charge is -2.43. The van der Waals surface area contributed by atoms with Crippen molar-refractivity contribution in [2.45, 2.75) is 45.5 Å². The molecular formula is C27H32O11. The maximum Gasteiger partial charge on any atom is 0.303 e. The van der Waals surface area contributed by atoms with Gasteiger partial charge in [-0.05, 0) is 19.1 Å². The molecule has 2 aromatic carbocycles. The Morgan fingerprint density at radius 2 is 1.47 bits per heavy atom. The molecule has 0 saturated carbocycles. The number of carbonyl (C=O) groups excluding carboxylic acids is 2. The third-order valence-corrected chi connectivity index (χ3v) is 7.04. The van der Waals surface area contributed by atoms with Gasteiger partial charge in [0, 0.05) is 42.0 Å². The van der Waals surface area contributed by atoms with Gasteiger partial charge in [0.2, 0.25) is 18.3 Å². The molecule has 1 aliphatic heterocycles. The van der Waals surface area contributed by atoms with Crippen LogP contribution >= 0.6 is 0 Å². The van der Waals surface area contributed by atoms with E-state index in [1.807, 2.05) is 0 Å². The first-order valence-electron chi connectivity index (χ1n) is 11.9. The minimum atomic E-state index is -1.76. The Labute approximate surface area is 220 Å². The number of fused-ring (bicyclic) bond motifs is 4. The quantitative estimate of drug-likeness (QED) is 0.547. The zero-order valence-electron chi connectivity index (χ0n) is 22.6. The Bertz CT molecular complexity index is 1270. The van der Waals surface area contributed by atoms with Crippen LogP contribution in [-0.4, -0.2) is 57.9 Å². The van der Waals surface area contributed by atoms with Gasteiger partial charge in [0.05, 0.1) is 28.4 Å². The number of benzene rings is 2. The van der Waals surface area contributed by atoms with Crippen molar-refractivity contribution in [2.24, 2.45) is 5.92 Å². The molecule has 1 heterocycles. The van der Waals surface area contributed by atoms with Crippen LogP contribution in [0.15, 0.2) is 12.1 Å². The Morgan fingerprint density at radius 3 is 2.03 bits per heavy atom. The largest absolute Gasteiger partial charge is 0.493 e. The molecule has 0 fully saturated rings. The molecule has 2 aliphatic rings. The maximum atomic E-state index is 12.4. The van der Waals surface area contributed by atoms with Crippen LogP contribution in [0.4, 0.5) is 0 Å². The summed E-state index contributed by atoms with van der Waals surface area (Å²) in [6.07, 6.45) is -2.27. The van der Waals surface area contributed by atoms with Crippen molar-refractivity contribution in [2.75, 3.05) is 35.2 Å². The Morgan fingerprint density at radius 1 is 0.868 bits per heavy atom. The fourth-order valence-corrected chi connectivity index (χ4v) is 5.17. The van der Waals surface area contributed by atoms with Crippen molar-refractivity contribution in [3.8, 4) is 45.6 Å². The fraction of sp³-hybridized carbons (Fsp3) is 0.481. The smallest absolute Gasteiger partial charge is 0.303 e. The monoisotopic (exact) mass is 532 g/mol. The summed E-state index contributed by atoms with van der Waals surface area (Å²) >= 11 is 0. The van der Waals surface area contributed by atoms with E-state index in [0.717, 1.165) is 0 Å². The summed E-state index contributed by atoms with van der Waals surface area (Å²) in [6.45, 7) is 5.69. The van der Waals surface area contributed by atoms with E-state index in [1.54, 1.807) is 19.1 Å². The molecule has 1 N–H and O–H groups in total. The summed E-state index contributed by atoms with van der Waals surface area (Å²) in [4.78, 5) is 24.7. The molecule has 0 radical (unpaired) electrons. The summed E-state index contributed by atoms with van der Waals surface area (Å²) in [5, 5.41) is 12.0. The van der Waals surface area contributed by atoms with Gasteiger partial charge in [-0.25, -0.2) is 0 Å². The van der Waals surface area contributed by atoms with Crippen LogP contribution in [0.2, 0.25) is 0 Å². The summed E-state index contributed by atoms with van der Waals surface area (Å²) in [5.74, 6) is -0.290. The normalized spacial score (nSPS) is 23.2. The van der Waals surface area contributed by atoms with Crippen molar-refractivity contribution in [1.29, 1.82) is 0 Å². The van der Waals surface area contributed by atoms with Gasteiger partial charge in [0.1, 0.15) is 11.7 Å². The average Bonchev–Trinajstić information content (AvgIpc) is 3.35. The summed E-state index contributed by atoms with van der Waals surface area (Å²) < 4.78 is 45.9. The number of aliphatic hydroxyl groups is 1. The SMILES string of the molecule is COc1cc2c(c(OC)c1OC)-c1c(cc3c(c1OC)OCO3)[C@H](OC(C)=O)[C@H](C)[C@](C)(O)[C@H]2OC(C)=O. The van der Waals surface area contributed by atoms with E-state index in [-0.39, 0.29) is 29.8 Å². The highest BCUT2D eigenvalue weighted by Crippen LogP contribution is 2.61. The van der Waals surface area contributed by atoms with Gasteiger partial charge < -0.3 is 43.0 Å². The number of methoxy groups -OCH3 is 4. The lowest BCUT2D eigenvalue weighted by atomic mass is 9.71. The molecule has 1 aliphatic carbocycles. The highest BCUT2D eigenvalue weighted by Gasteiger charge is 2.51. The van der Waals surface area contributed by atoms with Crippen LogP contribution in [0, 0.1) is 5.92 Å². The molecule has 2 aromatic rings. The average molecular weight is 533 g/mol. The zero-order valence-corrected chi connectivity index (χ0v) is 22.6. The molecular weight excluding hydrogens is 500 g/mol. The number of ether oxygens (including phenoxy) is 8. The van der Waals surface area contributed by atoms with E-state index in [0.29, 0.717) is 33.8 Å². The lowest BCUT2D eigenvalue weighted by Crippen LogP contribution is -2.46. The van der Waals surface area contributed by atoms with Crippen LogP contribution in [0.1, 0.15) is 51.0 Å². The molecule has 4 atom stereocenters. The van der Waals surface area contributed by atoms with Crippen LogP contribution < -0.4 is 28.4 Å². The van der Waals surface area contributed by atoms with Crippen LogP contribution in [0.3, 0.4) is 0 Å². The first-order valence-corrected chi connectivity index (χ1v) is 11.9. The lowest BCUT2D eigenvalue weighted by molar-refractivity contribution is -0.183. The van der Waals surface area contributed by atoms with Crippen molar-refractivity contribution < 1.29 is 52.6 Å². The van der Waals surface area contributed by atoms with Gasteiger partial charge in [0.25, 0.3) is 0 Å². The number of hydrogen-bond donors (Lipinski definition) is 1. The molecule has 0 bridgehead atoms. The minimum absolute atomic E-state index is 0.0495. The predicted octanol–water partition coefficient (Wildman–Crippen LogP) is 3.73. The Hall–Kier alpha value is -3.86. The molecule has 38 heavy (non-hydrogen) atoms. The second-order valence-corrected chi connectivity index (χ2v) is 9.25. The summed E-state index contributed by atoms with van der Waals surface area (Å²) in [5.41, 5.74) is -0.151. The van der Waals surface area contributed by atoms with E-state index in [1.165, 1.54) is 49.2 Å². The Balaban J connectivity index is 2.27. The first-order chi connectivity index (χ1) is 18.0. The van der Waals surface area contributed by atoms with Gasteiger partial charge in [-0.1, -0.05) is 6.92 Å². The number of carbonyl (C=O) groups is 2. The maximum absolute atomic E-state index is 12.4. The third-order valence-electron chi connectivity index (χ3n) is 7.04. The molecule has 0 aromatic heterocycles. The standard InChI is InChI=1S/C27H32O11/c1-12-21(37-13(2)28)15-9-18-23(36-11-35-18)25(34-8)19(15)20-16(26(27(12,4)30)38-14(3)29)10-17(31-5)22(32-6)24(20)33-7/h9-10,12,21,26,30H,11H2,1-8H3/t12-,21+,26-,27-/m0/s1. The number of hydrogen-bond acceptors (Lipinski definition) is 11. The van der Waals surface area contributed by atoms with E-state index >= 15 is 0 Å². The van der Waals surface area contributed by atoms with E-state index in [2.05, 4.69) is 0 Å². The molecule has 0 saturated heterocycles. The number of esters is 2. The molecule has 206 valence electrons. The predicted molar refractivity (Wildman–Crippen MR) is 133 cm³/mol. The van der Waals surface area contributed by atoms with Gasteiger partial charge in [-0.15, -0.1) is 0 Å². The van der Waals surface area contributed by atoms with Crippen LogP contribution in [0.25, 0.3) is 11.1 Å². The van der Waals surface area contributed by atoms with Gasteiger partial charge in [-0.2, -0.15) is 0 Å². The van der Waals surface area contributed by atoms with Crippen molar-refractivity contribution >= 4 is 11.9 Å². The Kier molecular flexibility index (Phi) is 7.24. The second kappa shape index (κ2) is 10.1. The van der Waals surface area contributed by atoms with Gasteiger partial charge in [0.15, 0.2) is 29.1 Å². The fourth-order valence-electron chi connectivity index (χ4n) is 5.17. The second-order valence-electron chi connectivity index (χ2n) is 9.25. The minimum Gasteiger partial charge on any atom is -0.493 e. The highest BCUT2D eigenvalue weighted by atomic mass is 16.7. The van der Waals surface area contributed by atoms with Gasteiger partial charge in [-0.3, -0.25) is 9.59 Å². The molecule has 0 spiro atoms. The summed E-state index contributed by atoms with van der Waals surface area (Å²) in [6, 6.07) is 3.30.